The van der Waals surface area contributed by atoms with Crippen molar-refractivity contribution in [3.63, 3.8) is 0 Å². The van der Waals surface area contributed by atoms with Crippen molar-refractivity contribution in [3.05, 3.63) is 77.9 Å². The van der Waals surface area contributed by atoms with Gasteiger partial charge in [0.05, 0.1) is 63.4 Å². The van der Waals surface area contributed by atoms with E-state index in [4.69, 9.17) is 11.5 Å². The third kappa shape index (κ3) is 37.3. The molecule has 0 unspecified atom stereocenters. The Bertz CT molecular complexity index is 5080. The Hall–Kier alpha value is -13.9. The Morgan fingerprint density at radius 3 is 1.27 bits per heavy atom. The van der Waals surface area contributed by atoms with Gasteiger partial charge in [0.25, 0.3) is 0 Å². The third-order valence-electron chi connectivity index (χ3n) is 24.2. The molecule has 28 N–H and O–H groups in total. The summed E-state index contributed by atoms with van der Waals surface area (Å²) in [6.07, 6.45) is 2.21. The molecule has 0 radical (unpaired) electrons. The number of H-pyrrole nitrogens is 1. The molecular weight excluding hydrogens is 1960 g/mol. The predicted molar refractivity (Wildman–Crippen MR) is 523 cm³/mol. The van der Waals surface area contributed by atoms with Crippen molar-refractivity contribution in [1.29, 1.82) is 0 Å². The van der Waals surface area contributed by atoms with Crippen LogP contribution in [0.25, 0.3) is 0 Å². The monoisotopic (exact) mass is 2090 g/mol. The minimum atomic E-state index is -2.17. The molecule has 52 nitrogen and oxygen atoms in total. The van der Waals surface area contributed by atoms with Gasteiger partial charge in [0, 0.05) is 57.3 Å². The molecular formula is C92H137N23O29S2. The third-order valence-corrected chi connectivity index (χ3v) is 25.2. The second-order valence-corrected chi connectivity index (χ2v) is 38.3. The zero-order valence-electron chi connectivity index (χ0n) is 82.6. The van der Waals surface area contributed by atoms with Crippen LogP contribution in [0.4, 0.5) is 0 Å². The highest BCUT2D eigenvalue weighted by atomic mass is 32.2. The van der Waals surface area contributed by atoms with E-state index in [2.05, 4.69) is 102 Å². The van der Waals surface area contributed by atoms with Crippen LogP contribution in [0.5, 0.6) is 11.5 Å². The number of amides is 20. The van der Waals surface area contributed by atoms with E-state index in [9.17, 15) is 141 Å². The summed E-state index contributed by atoms with van der Waals surface area (Å²) >= 11 is 5.62. The molecule has 54 heteroatoms. The molecule has 20 amide bonds. The summed E-state index contributed by atoms with van der Waals surface area (Å²) in [6, 6.07) is -14.8. The van der Waals surface area contributed by atoms with Crippen molar-refractivity contribution in [3.8, 4) is 11.5 Å². The molecule has 0 aliphatic carbocycles. The Balaban J connectivity index is 1.05. The number of aromatic amines is 1. The number of nitrogens with one attached hydrogen (secondary N) is 17. The number of aliphatic hydroxyl groups is 3. The number of rotatable bonds is 58. The normalized spacial score (nSPS) is 17.5. The summed E-state index contributed by atoms with van der Waals surface area (Å²) in [7, 11) is 0. The number of thioether (sulfide) groups is 1. The summed E-state index contributed by atoms with van der Waals surface area (Å²) in [5.41, 5.74) is 12.4. The van der Waals surface area contributed by atoms with E-state index in [0.29, 0.717) is 42.6 Å². The SMILES string of the molecule is CSCC[C@H](NC(=O)CNC(=O)[C@@H](NC(=O)[C@H](CO)NC(=O)[C@H](Cc1ccc(O)cc1)NC(=O)[C@@H](NC(=O)[C@@H](NC(=O)CNC(=O)[C@H](CO)NC(=O)[C@H](CC(=O)O)NC(=O)[C@@H](NC(=O)[C@@H](NC(=O)[C@H](CS)NC(=O)[C@H](Cc1c[nH]cn1)NC(=O)CNC(=O)[C@H](Cc1ccc(O)cc1)NC(=O)[C@@H]1CCCN1C(=O)[C@@H]1CCCN1C(=O)[C@@H]1CCCN1C(=O)[C@@H](N)CCC(N)=O)C(C)C)[C@@H](C)O)C(C)C)C(C)C)C(C)C)C(=O)O. The van der Waals surface area contributed by atoms with Crippen molar-refractivity contribution < 1.29 is 141 Å². The van der Waals surface area contributed by atoms with Gasteiger partial charge in [-0.1, -0.05) is 79.7 Å². The first-order valence-electron chi connectivity index (χ1n) is 47.6. The fourth-order valence-electron chi connectivity index (χ4n) is 16.0. The zero-order chi connectivity index (χ0) is 109. The van der Waals surface area contributed by atoms with Crippen LogP contribution in [0, 0.1) is 23.7 Å². The van der Waals surface area contributed by atoms with Gasteiger partial charge < -0.3 is 152 Å². The molecule has 2 aromatic carbocycles. The smallest absolute Gasteiger partial charge is 0.326 e. The number of primary amides is 1. The molecule has 806 valence electrons. The topological polar surface area (TPSA) is 800 Å². The van der Waals surface area contributed by atoms with Crippen molar-refractivity contribution in [2.75, 3.05) is 70.2 Å². The maximum atomic E-state index is 14.6. The number of hydrogen-bond acceptors (Lipinski definition) is 31. The number of phenols is 2. The lowest BCUT2D eigenvalue weighted by molar-refractivity contribution is -0.150. The first kappa shape index (κ1) is 121. The largest absolute Gasteiger partial charge is 0.508 e. The Morgan fingerprint density at radius 2 is 0.808 bits per heavy atom. The fourth-order valence-corrected chi connectivity index (χ4v) is 16.8. The number of benzene rings is 2. The van der Waals surface area contributed by atoms with Gasteiger partial charge in [-0.05, 0) is 129 Å². The molecule has 0 saturated carbocycles. The van der Waals surface area contributed by atoms with E-state index in [-0.39, 0.29) is 88.2 Å². The minimum absolute atomic E-state index is 0.0334. The number of aliphatic carboxylic acids is 2. The zero-order valence-corrected chi connectivity index (χ0v) is 84.4. The van der Waals surface area contributed by atoms with Crippen LogP contribution in [0.3, 0.4) is 0 Å². The van der Waals surface area contributed by atoms with Crippen molar-refractivity contribution >= 4 is 154 Å². The average molecular weight is 2090 g/mol. The van der Waals surface area contributed by atoms with Crippen LogP contribution in [-0.2, 0) is 125 Å². The summed E-state index contributed by atoms with van der Waals surface area (Å²) in [6.45, 7) is 8.64. The molecule has 3 aliphatic heterocycles. The molecule has 4 heterocycles. The minimum Gasteiger partial charge on any atom is -0.508 e. The highest BCUT2D eigenvalue weighted by Crippen LogP contribution is 2.30. The van der Waals surface area contributed by atoms with Crippen molar-refractivity contribution in [2.45, 2.75) is 255 Å². The van der Waals surface area contributed by atoms with Gasteiger partial charge in [-0.2, -0.15) is 24.4 Å². The molecule has 6 rings (SSSR count). The lowest BCUT2D eigenvalue weighted by atomic mass is 9.98. The molecule has 3 saturated heterocycles. The van der Waals surface area contributed by atoms with Crippen LogP contribution in [0.1, 0.15) is 143 Å². The summed E-state index contributed by atoms with van der Waals surface area (Å²) in [4.78, 5) is 312. The summed E-state index contributed by atoms with van der Waals surface area (Å²) in [5, 5.41) is 109. The Labute approximate surface area is 850 Å². The van der Waals surface area contributed by atoms with Gasteiger partial charge in [0.15, 0.2) is 0 Å². The van der Waals surface area contributed by atoms with Gasteiger partial charge in [-0.15, -0.1) is 0 Å². The van der Waals surface area contributed by atoms with Gasteiger partial charge in [0.1, 0.15) is 108 Å². The first-order chi connectivity index (χ1) is 68.9. The number of carbonyl (C=O) groups is 22. The van der Waals surface area contributed by atoms with E-state index in [1.54, 1.807) is 6.26 Å². The van der Waals surface area contributed by atoms with Gasteiger partial charge in [-0.3, -0.25) is 101 Å². The average Bonchev–Trinajstić information content (AvgIpc) is 1.64. The number of aliphatic hydroxyl groups excluding tert-OH is 3. The molecule has 18 atom stereocenters. The molecule has 1 aromatic heterocycles. The van der Waals surface area contributed by atoms with E-state index in [0.717, 1.165) is 6.92 Å². The molecule has 3 aliphatic rings. The van der Waals surface area contributed by atoms with Crippen LogP contribution in [0.15, 0.2) is 61.1 Å². The predicted octanol–water partition coefficient (Wildman–Crippen LogP) is -8.70. The van der Waals surface area contributed by atoms with E-state index >= 15 is 0 Å². The van der Waals surface area contributed by atoms with Crippen LogP contribution in [-0.4, -0.2) is 370 Å². The van der Waals surface area contributed by atoms with Crippen molar-refractivity contribution in [1.82, 2.24) is 110 Å². The number of carbonyl (C=O) groups excluding carboxylic acids is 20. The second-order valence-electron chi connectivity index (χ2n) is 36.9. The lowest BCUT2D eigenvalue weighted by Crippen LogP contribution is -2.63. The fraction of sp³-hybridized carbons (Fsp3) is 0.598. The van der Waals surface area contributed by atoms with E-state index in [1.165, 1.54) is 143 Å². The van der Waals surface area contributed by atoms with Crippen LogP contribution in [0.2, 0.25) is 0 Å². The van der Waals surface area contributed by atoms with Gasteiger partial charge in [0.2, 0.25) is 118 Å². The molecule has 3 aromatic rings. The molecule has 0 spiro atoms. The number of imidazole rings is 1. The quantitative estimate of drug-likeness (QED) is 0.0233. The number of nitrogens with two attached hydrogens (primary N) is 2. The van der Waals surface area contributed by atoms with Crippen LogP contribution < -0.4 is 96.5 Å². The summed E-state index contributed by atoms with van der Waals surface area (Å²) in [5.74, 6) is -25.8. The number of carboxylic acid groups (broad SMARTS) is 2. The number of aromatic hydroxyl groups is 2. The molecule has 0 bridgehead atoms. The number of carboxylic acids is 2. The second kappa shape index (κ2) is 58.9. The number of likely N-dealkylation sites (tertiary alicyclic amines) is 3. The number of phenolic OH excluding ortho intramolecular Hbond substituents is 2. The van der Waals surface area contributed by atoms with Crippen molar-refractivity contribution in [2.24, 2.45) is 35.1 Å². The standard InChI is InChI=1S/C92H137N23O29S2/c1-44(2)71(84(135)98-38-67(122)100-55(92(143)144)27-31-146-10)109-81(132)61(41-117)106-78(129)57(33-50-19-23-53(120)24-20-50)103-85(136)73(46(5)6)111-86(137)72(45(3)4)108-69(124)39-97-77(128)60(40-116)105-80(131)59(35-70(125)126)104-88(139)75(48(9)118)112-87(138)74(47(7)8)110-82(133)62(42-145)107-79(130)58(34-51-36-95-43-99-51)101-68(123)37-96-76(127)56(32-49-17-21-52(119)22-18-49)102-83(134)63-14-11-28-113(63)90(141)65-16-13-30-115(65)91(142)64-15-12-29-114(64)89(140)54(93)25-26-66(94)121/h17-24,36,43-48,54-65,71-75,116-120,145H,11-16,25-35,37-42,93H2,1-10H3,(H2,94,121)(H,95,99)(H,96,127)(H,97,128)(H,98,135)(H,100,122)(H,101,123)(H,102,134)(H,103,136)(H,104,139)(H,105,131)(H,106,129)(H,107,130)(H,108,124)(H,109,132)(H,110,133)(H,111,137)(H,112,138)(H,125,126)(H,143,144)/t48-,54+,55+,56+,57+,58+,59+,60+,61+,62+,63+,64+,65+,71+,72+,73+,74+,75+/m1/s1. The number of hydrogen-bond donors (Lipinski definition) is 27. The molecule has 146 heavy (non-hydrogen) atoms. The number of aromatic nitrogens is 2. The maximum Gasteiger partial charge on any atom is 0.326 e. The van der Waals surface area contributed by atoms with E-state index in [1.807, 2.05) is 5.32 Å². The lowest BCUT2D eigenvalue weighted by Gasteiger charge is -2.34. The highest BCUT2D eigenvalue weighted by molar-refractivity contribution is 7.98. The van der Waals surface area contributed by atoms with Crippen LogP contribution >= 0.6 is 24.4 Å². The highest BCUT2D eigenvalue weighted by Gasteiger charge is 2.48. The molecule has 3 fully saturated rings. The number of thiol groups is 1. The Kier molecular flexibility index (Phi) is 48.8. The van der Waals surface area contributed by atoms with E-state index < -0.39 is 308 Å². The van der Waals surface area contributed by atoms with Gasteiger partial charge >= 0.3 is 11.9 Å². The summed E-state index contributed by atoms with van der Waals surface area (Å²) < 4.78 is 0. The Morgan fingerprint density at radius 1 is 0.438 bits per heavy atom. The number of nitrogens with zero attached hydrogens (tertiary/aromatic N) is 4. The maximum absolute atomic E-state index is 14.6. The first-order valence-corrected chi connectivity index (χ1v) is 49.6. The van der Waals surface area contributed by atoms with Gasteiger partial charge in [-0.25, -0.2) is 9.78 Å².